The van der Waals surface area contributed by atoms with Crippen LogP contribution < -0.4 is 0 Å². The summed E-state index contributed by atoms with van der Waals surface area (Å²) in [6, 6.07) is 5.00. The average molecular weight is 313 g/mol. The van der Waals surface area contributed by atoms with E-state index in [1.54, 1.807) is 0 Å². The Labute approximate surface area is 122 Å². The number of rotatable bonds is 2. The Kier molecular flexibility index (Phi) is 4.25. The van der Waals surface area contributed by atoms with Crippen LogP contribution in [0.5, 0.6) is 0 Å². The third-order valence-electron chi connectivity index (χ3n) is 2.89. The molecule has 1 heterocycles. The lowest BCUT2D eigenvalue weighted by molar-refractivity contribution is -0.384. The molecule has 6 nitrogen and oxygen atoms in total. The van der Waals surface area contributed by atoms with Gasteiger partial charge in [0.25, 0.3) is 11.6 Å². The van der Waals surface area contributed by atoms with Crippen molar-refractivity contribution in [3.63, 3.8) is 0 Å². The molecule has 0 saturated carbocycles. The van der Waals surface area contributed by atoms with Crippen molar-refractivity contribution in [1.29, 1.82) is 0 Å². The van der Waals surface area contributed by atoms with Gasteiger partial charge in [-0.3, -0.25) is 19.9 Å². The summed E-state index contributed by atoms with van der Waals surface area (Å²) in [7, 11) is 0. The fourth-order valence-corrected chi connectivity index (χ4v) is 1.84. The summed E-state index contributed by atoms with van der Waals surface area (Å²) in [4.78, 5) is 26.6. The minimum atomic E-state index is -4.58. The van der Waals surface area contributed by atoms with Crippen molar-refractivity contribution in [3.05, 3.63) is 52.2 Å². The third-order valence-corrected chi connectivity index (χ3v) is 2.89. The lowest BCUT2D eigenvalue weighted by Crippen LogP contribution is -2.27. The normalized spacial score (nSPS) is 15.2. The molecule has 0 N–H and O–H groups in total. The molecule has 1 aromatic rings. The second-order valence-corrected chi connectivity index (χ2v) is 4.39. The van der Waals surface area contributed by atoms with E-state index >= 15 is 0 Å². The van der Waals surface area contributed by atoms with E-state index < -0.39 is 22.7 Å². The Morgan fingerprint density at radius 3 is 2.73 bits per heavy atom. The highest BCUT2D eigenvalue weighted by atomic mass is 19.4. The Morgan fingerprint density at radius 2 is 2.09 bits per heavy atom. The minimum absolute atomic E-state index is 0.0225. The van der Waals surface area contributed by atoms with Crippen LogP contribution in [0.15, 0.2) is 41.5 Å². The number of non-ortho nitro benzene ring substituents is 1. The van der Waals surface area contributed by atoms with E-state index in [0.717, 1.165) is 17.2 Å². The van der Waals surface area contributed by atoms with Crippen molar-refractivity contribution < 1.29 is 22.9 Å². The van der Waals surface area contributed by atoms with Gasteiger partial charge in [0.2, 0.25) is 0 Å². The maximum atomic E-state index is 12.6. The van der Waals surface area contributed by atoms with Gasteiger partial charge in [0, 0.05) is 30.4 Å². The van der Waals surface area contributed by atoms with E-state index in [4.69, 9.17) is 0 Å². The number of benzene rings is 1. The number of carbonyl (C=O) groups excluding carboxylic acids is 1. The van der Waals surface area contributed by atoms with Crippen LogP contribution in [0.4, 0.5) is 18.9 Å². The van der Waals surface area contributed by atoms with Crippen LogP contribution in [-0.2, 0) is 0 Å². The van der Waals surface area contributed by atoms with Crippen molar-refractivity contribution in [2.24, 2.45) is 4.99 Å². The average Bonchev–Trinajstić information content (AvgIpc) is 2.72. The number of nitro benzene ring substituents is 1. The van der Waals surface area contributed by atoms with Crippen molar-refractivity contribution in [2.45, 2.75) is 6.18 Å². The van der Waals surface area contributed by atoms with Crippen LogP contribution >= 0.6 is 0 Å². The zero-order valence-corrected chi connectivity index (χ0v) is 11.1. The molecular formula is C13H10F3N3O3. The number of alkyl halides is 3. The van der Waals surface area contributed by atoms with Gasteiger partial charge in [-0.05, 0) is 12.1 Å². The molecule has 0 bridgehead atoms. The van der Waals surface area contributed by atoms with Gasteiger partial charge in [-0.25, -0.2) is 0 Å². The summed E-state index contributed by atoms with van der Waals surface area (Å²) in [5.74, 6) is -0.626. The number of nitro groups is 1. The van der Waals surface area contributed by atoms with Crippen molar-refractivity contribution >= 4 is 17.3 Å². The van der Waals surface area contributed by atoms with Gasteiger partial charge >= 0.3 is 6.18 Å². The van der Waals surface area contributed by atoms with E-state index in [-0.39, 0.29) is 24.3 Å². The number of amides is 1. The summed E-state index contributed by atoms with van der Waals surface area (Å²) in [5, 5.41) is 10.7. The van der Waals surface area contributed by atoms with Gasteiger partial charge < -0.3 is 4.90 Å². The van der Waals surface area contributed by atoms with Crippen LogP contribution in [0.1, 0.15) is 10.4 Å². The molecule has 0 saturated heterocycles. The number of hydrogen-bond donors (Lipinski definition) is 0. The number of halogens is 3. The molecule has 0 radical (unpaired) electrons. The van der Waals surface area contributed by atoms with Crippen LogP contribution in [0.25, 0.3) is 0 Å². The molecule has 22 heavy (non-hydrogen) atoms. The van der Waals surface area contributed by atoms with Gasteiger partial charge in [-0.2, -0.15) is 13.2 Å². The van der Waals surface area contributed by atoms with E-state index in [0.29, 0.717) is 6.08 Å². The Morgan fingerprint density at radius 1 is 1.36 bits per heavy atom. The minimum Gasteiger partial charge on any atom is -0.313 e. The van der Waals surface area contributed by atoms with Gasteiger partial charge in [-0.1, -0.05) is 6.07 Å². The van der Waals surface area contributed by atoms with E-state index in [1.807, 2.05) is 0 Å². The molecule has 0 unspecified atom stereocenters. The maximum absolute atomic E-state index is 12.6. The van der Waals surface area contributed by atoms with Crippen molar-refractivity contribution in [2.75, 3.05) is 13.1 Å². The molecule has 1 aromatic carbocycles. The standard InChI is InChI=1S/C13H10F3N3O3/c14-13(15,16)11-4-6-18(7-5-17-11)12(20)9-2-1-3-10(8-9)19(21)22/h1-4,6,8H,5,7H2. The van der Waals surface area contributed by atoms with Crippen LogP contribution in [0.3, 0.4) is 0 Å². The Hall–Kier alpha value is -2.71. The fourth-order valence-electron chi connectivity index (χ4n) is 1.84. The zero-order valence-electron chi connectivity index (χ0n) is 11.1. The molecule has 0 spiro atoms. The summed E-state index contributed by atoms with van der Waals surface area (Å²) < 4.78 is 37.7. The molecule has 0 atom stereocenters. The molecule has 116 valence electrons. The van der Waals surface area contributed by atoms with Crippen molar-refractivity contribution in [3.8, 4) is 0 Å². The predicted molar refractivity (Wildman–Crippen MR) is 71.6 cm³/mol. The van der Waals surface area contributed by atoms with E-state index in [1.165, 1.54) is 18.2 Å². The second-order valence-electron chi connectivity index (χ2n) is 4.39. The first-order valence-electron chi connectivity index (χ1n) is 6.14. The predicted octanol–water partition coefficient (Wildman–Crippen LogP) is 2.57. The first-order chi connectivity index (χ1) is 10.3. The Bertz CT molecular complexity index is 668. The molecule has 1 amide bonds. The summed E-state index contributed by atoms with van der Waals surface area (Å²) in [6.07, 6.45) is -2.89. The molecule has 0 aromatic heterocycles. The van der Waals surface area contributed by atoms with Crippen LogP contribution in [0, 0.1) is 10.1 Å². The molecule has 9 heteroatoms. The molecule has 1 aliphatic heterocycles. The highest BCUT2D eigenvalue weighted by Gasteiger charge is 2.34. The topological polar surface area (TPSA) is 75.8 Å². The third kappa shape index (κ3) is 3.48. The van der Waals surface area contributed by atoms with Gasteiger partial charge in [-0.15, -0.1) is 0 Å². The van der Waals surface area contributed by atoms with Crippen molar-refractivity contribution in [1.82, 2.24) is 4.90 Å². The summed E-state index contributed by atoms with van der Waals surface area (Å²) >= 11 is 0. The molecule has 0 aliphatic carbocycles. The van der Waals surface area contributed by atoms with Crippen LogP contribution in [0.2, 0.25) is 0 Å². The lowest BCUT2D eigenvalue weighted by Gasteiger charge is -2.16. The first-order valence-corrected chi connectivity index (χ1v) is 6.14. The van der Waals surface area contributed by atoms with E-state index in [2.05, 4.69) is 4.99 Å². The fraction of sp³-hybridized carbons (Fsp3) is 0.231. The van der Waals surface area contributed by atoms with Crippen LogP contribution in [-0.4, -0.2) is 40.7 Å². The smallest absolute Gasteiger partial charge is 0.313 e. The van der Waals surface area contributed by atoms with Gasteiger partial charge in [0.15, 0.2) is 0 Å². The molecule has 2 rings (SSSR count). The zero-order chi connectivity index (χ0) is 16.3. The molecular weight excluding hydrogens is 303 g/mol. The van der Waals surface area contributed by atoms with Gasteiger partial charge in [0.05, 0.1) is 11.5 Å². The number of carbonyl (C=O) groups is 1. The lowest BCUT2D eigenvalue weighted by atomic mass is 10.2. The largest absolute Gasteiger partial charge is 0.432 e. The highest BCUT2D eigenvalue weighted by molar-refractivity contribution is 6.01. The van der Waals surface area contributed by atoms with Gasteiger partial charge in [0.1, 0.15) is 5.71 Å². The second kappa shape index (κ2) is 5.96. The van der Waals surface area contributed by atoms with E-state index in [9.17, 15) is 28.1 Å². The number of nitrogens with zero attached hydrogens (tertiary/aromatic N) is 3. The quantitative estimate of drug-likeness (QED) is 0.622. The highest BCUT2D eigenvalue weighted by Crippen LogP contribution is 2.20. The first kappa shape index (κ1) is 15.7. The number of hydrogen-bond acceptors (Lipinski definition) is 4. The SMILES string of the molecule is O=C(c1cccc([N+](=O)[O-])c1)N1C=CC(C(F)(F)F)=NCC1. The summed E-state index contributed by atoms with van der Waals surface area (Å²) in [5.41, 5.74) is -1.31. The summed E-state index contributed by atoms with van der Waals surface area (Å²) in [6.45, 7) is -0.250. The molecule has 0 fully saturated rings. The maximum Gasteiger partial charge on any atom is 0.432 e. The number of aliphatic imine (C=N–C) groups is 1. The monoisotopic (exact) mass is 313 g/mol. The molecule has 1 aliphatic rings. The Balaban J connectivity index is 2.21. The number of allylic oxidation sites excluding steroid dienone is 1.